The second-order valence-corrected chi connectivity index (χ2v) is 20.1. The monoisotopic (exact) mass is 1070 g/mol. The van der Waals surface area contributed by atoms with Crippen LogP contribution in [-0.4, -0.2) is 128 Å². The highest BCUT2D eigenvalue weighted by Gasteiger charge is 2.55. The molecule has 0 radical (unpaired) electrons. The van der Waals surface area contributed by atoms with Gasteiger partial charge in [-0.15, -0.1) is 0 Å². The van der Waals surface area contributed by atoms with Crippen LogP contribution in [0.15, 0.2) is 73.2 Å². The van der Waals surface area contributed by atoms with Gasteiger partial charge in [-0.05, 0) is 116 Å². The van der Waals surface area contributed by atoms with E-state index in [1.165, 1.54) is 58.5 Å². The number of aryl methyl sites for hydroxylation is 4. The molecular weight excluding hydrogens is 1010 g/mol. The summed E-state index contributed by atoms with van der Waals surface area (Å²) in [4.78, 5) is 76.0. The molecule has 23 nitrogen and oxygen atoms in total. The van der Waals surface area contributed by atoms with Crippen molar-refractivity contribution in [3.05, 3.63) is 121 Å². The van der Waals surface area contributed by atoms with Crippen molar-refractivity contribution in [3.8, 4) is 34.1 Å². The number of aromatic nitrogens is 3. The summed E-state index contributed by atoms with van der Waals surface area (Å²) < 4.78 is 58.7. The minimum Gasteiger partial charge on any atom is -0.506 e. The number of hydrogen-bond donors (Lipinski definition) is 8. The quantitative estimate of drug-likeness (QED) is 0.0486. The van der Waals surface area contributed by atoms with E-state index in [4.69, 9.17) is 46.7 Å². The number of fused-ring (bicyclic) bond motifs is 2. The number of amides is 1. The van der Waals surface area contributed by atoms with Gasteiger partial charge in [-0.25, -0.2) is 19.2 Å². The van der Waals surface area contributed by atoms with E-state index in [0.717, 1.165) is 11.4 Å². The van der Waals surface area contributed by atoms with E-state index in [2.05, 4.69) is 20.3 Å². The predicted molar refractivity (Wildman–Crippen MR) is 272 cm³/mol. The maximum absolute atomic E-state index is 13.9. The summed E-state index contributed by atoms with van der Waals surface area (Å²) in [5.74, 6) is -3.42. The van der Waals surface area contributed by atoms with Gasteiger partial charge < -0.3 is 87.4 Å². The third kappa shape index (κ3) is 9.69. The van der Waals surface area contributed by atoms with Crippen molar-refractivity contribution >= 4 is 45.5 Å². The van der Waals surface area contributed by atoms with Gasteiger partial charge in [0.25, 0.3) is 5.91 Å². The van der Waals surface area contributed by atoms with Crippen molar-refractivity contribution in [1.82, 2.24) is 15.0 Å². The molecule has 5 aromatic heterocycles. The molecule has 2 aliphatic rings. The maximum Gasteiger partial charge on any atom is 0.364 e. The largest absolute Gasteiger partial charge is 0.506 e. The zero-order valence-electron chi connectivity index (χ0n) is 43.7. The number of aliphatic hydroxyl groups is 2. The zero-order chi connectivity index (χ0) is 55.7. The van der Waals surface area contributed by atoms with Crippen molar-refractivity contribution < 1.29 is 81.5 Å². The van der Waals surface area contributed by atoms with Crippen LogP contribution in [0.25, 0.3) is 33.1 Å². The van der Waals surface area contributed by atoms with Crippen LogP contribution in [0.5, 0.6) is 23.0 Å². The number of aromatic hydroxyl groups is 2. The fraction of sp³-hybridized carbons (Fsp3) is 0.389. The summed E-state index contributed by atoms with van der Waals surface area (Å²) in [5.41, 5.74) is -3.35. The molecule has 2 aliphatic heterocycles. The van der Waals surface area contributed by atoms with Gasteiger partial charge in [-0.1, -0.05) is 0 Å². The fourth-order valence-electron chi connectivity index (χ4n) is 9.99. The van der Waals surface area contributed by atoms with E-state index >= 15 is 0 Å². The first-order valence-corrected chi connectivity index (χ1v) is 24.3. The van der Waals surface area contributed by atoms with Crippen LogP contribution in [0.4, 0.5) is 5.69 Å². The number of H-pyrrole nitrogens is 3. The molecule has 8 N–H and O–H groups in total. The molecule has 8 unspecified atom stereocenters. The number of anilines is 1. The number of carbonyl (C=O) groups is 3. The highest BCUT2D eigenvalue weighted by molar-refractivity contribution is 6.07. The van der Waals surface area contributed by atoms with Gasteiger partial charge in [-0.3, -0.25) is 4.79 Å². The number of aliphatic hydroxyl groups excluding tert-OH is 2. The molecule has 2 fully saturated rings. The number of aromatic amines is 3. The minimum absolute atomic E-state index is 0.00625. The van der Waals surface area contributed by atoms with Crippen LogP contribution in [0.2, 0.25) is 0 Å². The molecular formula is C54H58N4O19. The first-order valence-electron chi connectivity index (χ1n) is 24.3. The van der Waals surface area contributed by atoms with Gasteiger partial charge in [0, 0.05) is 48.5 Å². The van der Waals surface area contributed by atoms with E-state index in [1.54, 1.807) is 72.7 Å². The van der Waals surface area contributed by atoms with Gasteiger partial charge in [0.05, 0.1) is 22.0 Å². The fourth-order valence-corrected chi connectivity index (χ4v) is 9.99. The average Bonchev–Trinajstić information content (AvgIpc) is 4.15. The first kappa shape index (κ1) is 53.9. The molecule has 8 atom stereocenters. The maximum atomic E-state index is 13.9. The van der Waals surface area contributed by atoms with E-state index in [0.29, 0.717) is 0 Å². The Morgan fingerprint density at radius 2 is 1.08 bits per heavy atom. The van der Waals surface area contributed by atoms with Gasteiger partial charge in [0.15, 0.2) is 35.9 Å². The SMILES string of the molecule is COC1C(OC(=O)c2ccc(C)[nH]2)C(O)C(Oc2ccc3c(O)c(NC(=O)c4[nH]cc(-c5c(O)c6ccc(OC7OC(C)(C)C(OC)C(OC(=O)c8ccc(C)[nH]8)C7O)c(C)c6oc5=O)c4C)c(=O)oc3c2C)OC1(C)C. The van der Waals surface area contributed by atoms with E-state index in [1.807, 2.05) is 0 Å². The predicted octanol–water partition coefficient (Wildman–Crippen LogP) is 5.99. The molecule has 408 valence electrons. The molecule has 0 saturated carbocycles. The minimum atomic E-state index is -1.58. The second kappa shape index (κ2) is 20.2. The Kier molecular flexibility index (Phi) is 14.1. The molecule has 0 aliphatic carbocycles. The smallest absolute Gasteiger partial charge is 0.364 e. The first-order chi connectivity index (χ1) is 36.3. The van der Waals surface area contributed by atoms with Crippen LogP contribution < -0.4 is 26.0 Å². The topological polar surface area (TPSA) is 326 Å². The molecule has 1 amide bonds. The third-order valence-electron chi connectivity index (χ3n) is 14.0. The molecule has 7 heterocycles. The van der Waals surface area contributed by atoms with Crippen molar-refractivity contribution in [2.24, 2.45) is 0 Å². The lowest BCUT2D eigenvalue weighted by atomic mass is 9.89. The van der Waals surface area contributed by atoms with Gasteiger partial charge in [0.1, 0.15) is 63.3 Å². The van der Waals surface area contributed by atoms with Gasteiger partial charge in [-0.2, -0.15) is 0 Å². The number of benzene rings is 2. The molecule has 9 rings (SSSR count). The molecule has 7 aromatic rings. The number of hydrogen-bond acceptors (Lipinski definition) is 19. The Bertz CT molecular complexity index is 3580. The number of esters is 2. The van der Waals surface area contributed by atoms with Crippen LogP contribution in [-0.2, 0) is 28.4 Å². The Hall–Kier alpha value is -7.93. The molecule has 2 saturated heterocycles. The lowest BCUT2D eigenvalue weighted by Gasteiger charge is -2.47. The van der Waals surface area contributed by atoms with E-state index < -0.39 is 107 Å². The van der Waals surface area contributed by atoms with Crippen LogP contribution in [0.3, 0.4) is 0 Å². The Labute approximate surface area is 437 Å². The van der Waals surface area contributed by atoms with Crippen molar-refractivity contribution in [2.75, 3.05) is 19.5 Å². The highest BCUT2D eigenvalue weighted by Crippen LogP contribution is 2.42. The lowest BCUT2D eigenvalue weighted by molar-refractivity contribution is -0.305. The number of ether oxygens (including phenoxy) is 8. The van der Waals surface area contributed by atoms with Gasteiger partial charge in [0.2, 0.25) is 12.6 Å². The van der Waals surface area contributed by atoms with Gasteiger partial charge >= 0.3 is 23.2 Å². The average molecular weight is 1070 g/mol. The van der Waals surface area contributed by atoms with Crippen molar-refractivity contribution in [3.63, 3.8) is 0 Å². The Morgan fingerprint density at radius 3 is 1.52 bits per heavy atom. The molecule has 0 bridgehead atoms. The normalized spacial score (nSPS) is 22.9. The zero-order valence-corrected chi connectivity index (χ0v) is 43.7. The summed E-state index contributed by atoms with van der Waals surface area (Å²) in [7, 11) is 2.78. The van der Waals surface area contributed by atoms with Crippen LogP contribution in [0, 0.1) is 34.6 Å². The van der Waals surface area contributed by atoms with E-state index in [9.17, 15) is 44.4 Å². The summed E-state index contributed by atoms with van der Waals surface area (Å²) in [5, 5.41) is 48.6. The molecule has 77 heavy (non-hydrogen) atoms. The molecule has 0 spiro atoms. The molecule has 23 heteroatoms. The van der Waals surface area contributed by atoms with Crippen molar-refractivity contribution in [1.29, 1.82) is 0 Å². The molecule has 2 aromatic carbocycles. The summed E-state index contributed by atoms with van der Waals surface area (Å²) in [6.45, 7) is 14.8. The number of methoxy groups -OCH3 is 2. The summed E-state index contributed by atoms with van der Waals surface area (Å²) in [6.07, 6.45) is -9.08. The second-order valence-electron chi connectivity index (χ2n) is 20.1. The van der Waals surface area contributed by atoms with Crippen LogP contribution in [0.1, 0.15) is 87.2 Å². The number of rotatable bonds is 13. The summed E-state index contributed by atoms with van der Waals surface area (Å²) >= 11 is 0. The number of carbonyl (C=O) groups excluding carboxylic acids is 3. The Morgan fingerprint density at radius 1 is 0.623 bits per heavy atom. The van der Waals surface area contributed by atoms with Crippen LogP contribution >= 0.6 is 0 Å². The van der Waals surface area contributed by atoms with Crippen molar-refractivity contribution in [2.45, 2.75) is 123 Å². The lowest BCUT2D eigenvalue weighted by Crippen LogP contribution is -2.65. The summed E-state index contributed by atoms with van der Waals surface area (Å²) in [6, 6.07) is 12.2. The standard InChI is InChI=1S/C54H58N4O19/c1-21-12-16-29(56-21)47(64)74-42-38(61)51(76-53(6,7)44(42)68-10)70-31-18-14-26-36(59)33(49(66)72-40(26)24(31)4)28-20-55-34(23(28)3)46(63)58-35-37(60)27-15-19-32(25(5)41(27)73-50(35)67)71-52-39(62)43(45(69-11)54(8,9)77-52)75-48(65)30-17-13-22(2)57-30/h12-20,38-39,42-45,51-52,55-57,59-62H,1-11H3,(H,58,63). The highest BCUT2D eigenvalue weighted by atomic mass is 16.7. The number of nitrogens with one attached hydrogen (secondary N) is 4. The Balaban J connectivity index is 0.930. The third-order valence-corrected chi connectivity index (χ3v) is 14.0. The van der Waals surface area contributed by atoms with E-state index in [-0.39, 0.29) is 78.3 Å².